The lowest BCUT2D eigenvalue weighted by molar-refractivity contribution is -0.116. The summed E-state index contributed by atoms with van der Waals surface area (Å²) >= 11 is 0. The molecule has 0 radical (unpaired) electrons. The molecule has 2 nitrogen and oxygen atoms in total. The van der Waals surface area contributed by atoms with E-state index in [-0.39, 0.29) is 5.91 Å². The minimum Gasteiger partial charge on any atom is -0.352 e. The molecule has 1 unspecified atom stereocenters. The van der Waals surface area contributed by atoms with E-state index in [4.69, 9.17) is 0 Å². The molecule has 0 saturated carbocycles. The number of amides is 1. The standard InChI is InChI=1S/C11H21NO/c1-4-7-8-10(5-2)9-12-11(13)6-3/h6,10H,3-5,7-9H2,1-2H3,(H,12,13). The third-order valence-corrected chi connectivity index (χ3v) is 2.29. The van der Waals surface area contributed by atoms with Crippen LogP contribution in [0, 0.1) is 5.92 Å². The van der Waals surface area contributed by atoms with Crippen LogP contribution in [-0.2, 0) is 4.79 Å². The molecule has 1 atom stereocenters. The largest absolute Gasteiger partial charge is 0.352 e. The Balaban J connectivity index is 3.58. The van der Waals surface area contributed by atoms with Crippen molar-refractivity contribution in [3.63, 3.8) is 0 Å². The van der Waals surface area contributed by atoms with Crippen molar-refractivity contribution in [2.24, 2.45) is 5.92 Å². The molecule has 0 aliphatic carbocycles. The molecule has 13 heavy (non-hydrogen) atoms. The molecular formula is C11H21NO. The van der Waals surface area contributed by atoms with Crippen LogP contribution in [0.15, 0.2) is 12.7 Å². The second-order valence-electron chi connectivity index (χ2n) is 3.37. The minimum atomic E-state index is -0.0602. The summed E-state index contributed by atoms with van der Waals surface area (Å²) in [6.07, 6.45) is 6.16. The molecule has 0 spiro atoms. The normalized spacial score (nSPS) is 12.2. The van der Waals surface area contributed by atoms with Crippen molar-refractivity contribution in [1.29, 1.82) is 0 Å². The smallest absolute Gasteiger partial charge is 0.243 e. The molecule has 0 aromatic carbocycles. The van der Waals surface area contributed by atoms with Crippen LogP contribution < -0.4 is 5.32 Å². The van der Waals surface area contributed by atoms with Gasteiger partial charge >= 0.3 is 0 Å². The number of hydrogen-bond donors (Lipinski definition) is 1. The quantitative estimate of drug-likeness (QED) is 0.604. The molecule has 0 fully saturated rings. The summed E-state index contributed by atoms with van der Waals surface area (Å²) in [5.74, 6) is 0.568. The summed E-state index contributed by atoms with van der Waals surface area (Å²) in [7, 11) is 0. The lowest BCUT2D eigenvalue weighted by Gasteiger charge is -2.14. The van der Waals surface area contributed by atoms with Gasteiger partial charge in [-0.3, -0.25) is 4.79 Å². The second-order valence-corrected chi connectivity index (χ2v) is 3.37. The molecule has 0 aliphatic rings. The Morgan fingerprint density at radius 2 is 2.23 bits per heavy atom. The molecule has 0 aromatic rings. The molecule has 1 amide bonds. The topological polar surface area (TPSA) is 29.1 Å². The van der Waals surface area contributed by atoms with Crippen molar-refractivity contribution in [3.8, 4) is 0 Å². The highest BCUT2D eigenvalue weighted by atomic mass is 16.1. The Kier molecular flexibility index (Phi) is 7.36. The third-order valence-electron chi connectivity index (χ3n) is 2.29. The summed E-state index contributed by atoms with van der Waals surface area (Å²) < 4.78 is 0. The zero-order valence-electron chi connectivity index (χ0n) is 8.81. The maximum atomic E-state index is 10.9. The SMILES string of the molecule is C=CC(=O)NCC(CC)CCCC. The Morgan fingerprint density at radius 3 is 2.69 bits per heavy atom. The molecule has 2 heteroatoms. The lowest BCUT2D eigenvalue weighted by Crippen LogP contribution is -2.27. The number of unbranched alkanes of at least 4 members (excludes halogenated alkanes) is 1. The van der Waals surface area contributed by atoms with Crippen molar-refractivity contribution in [1.82, 2.24) is 5.32 Å². The Morgan fingerprint density at radius 1 is 1.54 bits per heavy atom. The molecule has 0 rings (SSSR count). The van der Waals surface area contributed by atoms with Crippen molar-refractivity contribution in [3.05, 3.63) is 12.7 Å². The van der Waals surface area contributed by atoms with Crippen molar-refractivity contribution in [2.75, 3.05) is 6.54 Å². The predicted octanol–water partition coefficient (Wildman–Crippen LogP) is 2.51. The minimum absolute atomic E-state index is 0.0602. The first-order valence-corrected chi connectivity index (χ1v) is 5.14. The molecule has 76 valence electrons. The van der Waals surface area contributed by atoms with Gasteiger partial charge in [0.05, 0.1) is 0 Å². The van der Waals surface area contributed by atoms with Crippen LogP contribution in [0.5, 0.6) is 0 Å². The highest BCUT2D eigenvalue weighted by molar-refractivity contribution is 5.86. The van der Waals surface area contributed by atoms with Crippen LogP contribution in [-0.4, -0.2) is 12.5 Å². The summed E-state index contributed by atoms with van der Waals surface area (Å²) in [5, 5.41) is 2.84. The zero-order valence-corrected chi connectivity index (χ0v) is 8.81. The van der Waals surface area contributed by atoms with Crippen LogP contribution in [0.2, 0.25) is 0 Å². The van der Waals surface area contributed by atoms with E-state index in [1.54, 1.807) is 0 Å². The molecule has 0 aliphatic heterocycles. The Bertz CT molecular complexity index is 154. The van der Waals surface area contributed by atoms with Crippen LogP contribution in [0.3, 0.4) is 0 Å². The molecule has 0 saturated heterocycles. The molecule has 0 aromatic heterocycles. The first-order chi connectivity index (χ1) is 6.24. The van der Waals surface area contributed by atoms with Gasteiger partial charge < -0.3 is 5.32 Å². The second kappa shape index (κ2) is 7.84. The van der Waals surface area contributed by atoms with Gasteiger partial charge in [0, 0.05) is 6.54 Å². The molecule has 0 bridgehead atoms. The number of rotatable bonds is 7. The van der Waals surface area contributed by atoms with E-state index >= 15 is 0 Å². The maximum absolute atomic E-state index is 10.9. The summed E-state index contributed by atoms with van der Waals surface area (Å²) in [5.41, 5.74) is 0. The predicted molar refractivity (Wildman–Crippen MR) is 56.5 cm³/mol. The van der Waals surface area contributed by atoms with Gasteiger partial charge in [0.15, 0.2) is 0 Å². The molecule has 1 N–H and O–H groups in total. The third kappa shape index (κ3) is 6.38. The fraction of sp³-hybridized carbons (Fsp3) is 0.727. The number of nitrogens with one attached hydrogen (secondary N) is 1. The Hall–Kier alpha value is -0.790. The number of carbonyl (C=O) groups is 1. The van der Waals surface area contributed by atoms with Crippen LogP contribution in [0.4, 0.5) is 0 Å². The van der Waals surface area contributed by atoms with E-state index in [2.05, 4.69) is 25.7 Å². The summed E-state index contributed by atoms with van der Waals surface area (Å²) in [6, 6.07) is 0. The van der Waals surface area contributed by atoms with Gasteiger partial charge in [-0.1, -0.05) is 39.7 Å². The van der Waals surface area contributed by atoms with Gasteiger partial charge in [-0.2, -0.15) is 0 Å². The van der Waals surface area contributed by atoms with Crippen molar-refractivity contribution < 1.29 is 4.79 Å². The van der Waals surface area contributed by atoms with Gasteiger partial charge in [-0.15, -0.1) is 0 Å². The first kappa shape index (κ1) is 12.2. The van der Waals surface area contributed by atoms with Gasteiger partial charge in [-0.25, -0.2) is 0 Å². The average Bonchev–Trinajstić information content (AvgIpc) is 2.17. The van der Waals surface area contributed by atoms with Crippen molar-refractivity contribution in [2.45, 2.75) is 39.5 Å². The van der Waals surface area contributed by atoms with Gasteiger partial charge in [-0.05, 0) is 18.4 Å². The van der Waals surface area contributed by atoms with Gasteiger partial charge in [0.1, 0.15) is 0 Å². The fourth-order valence-electron chi connectivity index (χ4n) is 1.26. The fourth-order valence-corrected chi connectivity index (χ4v) is 1.26. The van der Waals surface area contributed by atoms with E-state index in [9.17, 15) is 4.79 Å². The zero-order chi connectivity index (χ0) is 10.1. The highest BCUT2D eigenvalue weighted by Gasteiger charge is 2.05. The van der Waals surface area contributed by atoms with Crippen LogP contribution in [0.1, 0.15) is 39.5 Å². The van der Waals surface area contributed by atoms with E-state index in [0.717, 1.165) is 13.0 Å². The Labute approximate surface area is 81.4 Å². The summed E-state index contributed by atoms with van der Waals surface area (Å²) in [4.78, 5) is 10.9. The van der Waals surface area contributed by atoms with Crippen LogP contribution in [0.25, 0.3) is 0 Å². The van der Waals surface area contributed by atoms with Gasteiger partial charge in [0.2, 0.25) is 5.91 Å². The number of hydrogen-bond acceptors (Lipinski definition) is 1. The lowest BCUT2D eigenvalue weighted by atomic mass is 9.99. The number of carbonyl (C=O) groups excluding carboxylic acids is 1. The summed E-state index contributed by atoms with van der Waals surface area (Å²) in [6.45, 7) is 8.56. The van der Waals surface area contributed by atoms with E-state index in [1.807, 2.05) is 0 Å². The first-order valence-electron chi connectivity index (χ1n) is 5.14. The highest BCUT2D eigenvalue weighted by Crippen LogP contribution is 2.10. The van der Waals surface area contributed by atoms with Crippen molar-refractivity contribution >= 4 is 5.91 Å². The molecular weight excluding hydrogens is 162 g/mol. The molecule has 0 heterocycles. The van der Waals surface area contributed by atoms with E-state index in [1.165, 1.54) is 25.3 Å². The van der Waals surface area contributed by atoms with Crippen LogP contribution >= 0.6 is 0 Å². The van der Waals surface area contributed by atoms with E-state index < -0.39 is 0 Å². The average molecular weight is 183 g/mol. The van der Waals surface area contributed by atoms with Gasteiger partial charge in [0.25, 0.3) is 0 Å². The monoisotopic (exact) mass is 183 g/mol. The van der Waals surface area contributed by atoms with E-state index in [0.29, 0.717) is 5.92 Å². The maximum Gasteiger partial charge on any atom is 0.243 e.